The van der Waals surface area contributed by atoms with Crippen molar-refractivity contribution in [3.05, 3.63) is 12.2 Å². The molecule has 8 aliphatic rings. The number of alkyl halides is 5. The Morgan fingerprint density at radius 1 is 0.657 bits per heavy atom. The Labute approximate surface area is 634 Å². The summed E-state index contributed by atoms with van der Waals surface area (Å²) < 4.78 is 79.2. The van der Waals surface area contributed by atoms with Crippen LogP contribution < -0.4 is 16.0 Å². The number of ether oxygens (including phenoxy) is 1. The van der Waals surface area contributed by atoms with Gasteiger partial charge in [-0.2, -0.15) is 13.2 Å². The number of likely N-dealkylation sites (N-methyl/N-ethyl adjacent to an activating group) is 6. The van der Waals surface area contributed by atoms with Gasteiger partial charge in [0.15, 0.2) is 0 Å². The van der Waals surface area contributed by atoms with Gasteiger partial charge in [-0.25, -0.2) is 8.78 Å². The maximum atomic E-state index is 15.8. The molecule has 11 atom stereocenters. The highest BCUT2D eigenvalue weighted by Crippen LogP contribution is 2.50. The van der Waals surface area contributed by atoms with Gasteiger partial charge >= 0.3 is 6.18 Å². The van der Waals surface area contributed by atoms with Crippen molar-refractivity contribution in [2.24, 2.45) is 40.9 Å². The van der Waals surface area contributed by atoms with Crippen LogP contribution in [-0.2, 0) is 62.3 Å². The molecule has 0 aromatic carbocycles. The number of nitrogens with one attached hydrogen (secondary N) is 3. The summed E-state index contributed by atoms with van der Waals surface area (Å²) in [4.78, 5) is 194. The summed E-state index contributed by atoms with van der Waals surface area (Å²) in [6.45, 7) is 11.9. The number of hydrogen-bond donors (Lipinski definition) is 3. The van der Waals surface area contributed by atoms with Gasteiger partial charge in [-0.1, -0.05) is 98.6 Å². The van der Waals surface area contributed by atoms with Gasteiger partial charge in [-0.3, -0.25) is 57.5 Å². The molecule has 2 bridgehead atoms. The summed E-state index contributed by atoms with van der Waals surface area (Å²) >= 11 is 0. The zero-order chi connectivity index (χ0) is 79.8. The summed E-state index contributed by atoms with van der Waals surface area (Å²) in [6.07, 6.45) is -2.43. The first-order valence-electron chi connectivity index (χ1n) is 39.7. The van der Waals surface area contributed by atoms with E-state index >= 15 is 42.3 Å². The molecule has 2 saturated heterocycles. The molecule has 608 valence electrons. The second-order valence-corrected chi connectivity index (χ2v) is 34.2. The van der Waals surface area contributed by atoms with E-state index in [0.29, 0.717) is 57.3 Å². The first kappa shape index (κ1) is 86.6. The zero-order valence-electron chi connectivity index (χ0n) is 66.3. The van der Waals surface area contributed by atoms with E-state index in [0.717, 1.165) is 35.5 Å². The Kier molecular flexibility index (Phi) is 29.6. The lowest BCUT2D eigenvalue weighted by Gasteiger charge is -2.54. The Morgan fingerprint density at radius 3 is 1.86 bits per heavy atom. The highest BCUT2D eigenvalue weighted by molar-refractivity contribution is 6.01. The lowest BCUT2D eigenvalue weighted by Crippen LogP contribution is -2.71. The molecule has 3 heterocycles. The van der Waals surface area contributed by atoms with Crippen molar-refractivity contribution in [3.63, 3.8) is 0 Å². The van der Waals surface area contributed by atoms with Crippen molar-refractivity contribution in [1.29, 1.82) is 0 Å². The predicted molar refractivity (Wildman–Crippen MR) is 392 cm³/mol. The van der Waals surface area contributed by atoms with Crippen LogP contribution in [0.15, 0.2) is 12.2 Å². The van der Waals surface area contributed by atoms with Crippen molar-refractivity contribution >= 4 is 70.9 Å². The fourth-order valence-corrected chi connectivity index (χ4v) is 18.3. The van der Waals surface area contributed by atoms with Gasteiger partial charge < -0.3 is 64.8 Å². The number of hydrogen-bond acceptors (Lipinski definition) is 13. The first-order chi connectivity index (χ1) is 50.7. The Balaban J connectivity index is 1.21. The molecular formula is C78H123F5N12O13. The second kappa shape index (κ2) is 36.9. The maximum Gasteiger partial charge on any atom is 0.397 e. The lowest BCUT2D eigenvalue weighted by atomic mass is 9.58. The molecular weight excluding hydrogens is 1410 g/mol. The van der Waals surface area contributed by atoms with E-state index in [1.807, 2.05) is 40.7 Å². The standard InChI is InChI=1S/C78H123F5N12O13/c1-15-22-57-67(99)85-56(35-46(3)4)70(102)94(51-31-32-51)43-64(98)90(12)58-25-18-17-21-34-93(73(58)105)61(38-48-28-26-47(5)27-29-48)72(104)88(10)42-62(96)84-55(33-30-49-36-53(79)65(54(80)37-49)78(81,82)83)69(101)95-41-52(108-16-2)39-59(95)68(100)86-77(44-76(6,7)45-77)75(107)92(14)66(50-23-19-20-24-50)74(106)91(13)60(71(103)87(8)9)40-63(97)89(57)11/h17-18,46-61,65-66H,15-16,19-45H2,1-14H3,(H,84,96)(H,85,99)(H,86,100)/b18-17-/t47?,48?,49?,52-,53?,54?,55+,56+,57+,58+,59+,60+,61+,65?,66+/m1/s1. The van der Waals surface area contributed by atoms with Gasteiger partial charge in [0.05, 0.1) is 19.1 Å². The number of nitrogens with zero attached hydrogens (tertiary/aromatic N) is 9. The maximum absolute atomic E-state index is 15.8. The quantitative estimate of drug-likeness (QED) is 0.120. The highest BCUT2D eigenvalue weighted by atomic mass is 19.4. The van der Waals surface area contributed by atoms with Crippen LogP contribution in [0.1, 0.15) is 203 Å². The minimum Gasteiger partial charge on any atom is -0.377 e. The van der Waals surface area contributed by atoms with Gasteiger partial charge in [-0.05, 0) is 138 Å². The number of amides is 12. The minimum absolute atomic E-state index is 0.0281. The molecule has 12 amide bonds. The molecule has 25 nitrogen and oxygen atoms in total. The van der Waals surface area contributed by atoms with Gasteiger partial charge in [-0.15, -0.1) is 0 Å². The third-order valence-corrected chi connectivity index (χ3v) is 24.3. The Hall–Kier alpha value is -7.01. The van der Waals surface area contributed by atoms with Crippen molar-refractivity contribution in [2.45, 2.75) is 287 Å². The number of carbonyl (C=O) groups is 12. The third kappa shape index (κ3) is 21.0. The SMILES string of the molecule is CCC[C@H]1C(=O)N[C@@H](CC(C)C)C(=O)N(C2CC2)CC(=O)N(C)[C@H]2C/C=C\CCN(C2=O)[C@@H](CC2CCC(C)CC2)C(=O)N(C)CC(=O)N[C@@H](CCC2CC(F)C(C(F)(F)F)C(F)C2)C(=O)N2C[C@H](OCC)C[C@H]2C(=O)NC2(CC(C)(C)C2)C(=O)N(C)[C@@H](C2CCCC2)C(=O)N(C)[C@H](C(=O)N(C)C)CC(=O)N1C. The van der Waals surface area contributed by atoms with Crippen molar-refractivity contribution in [2.75, 3.05) is 82.1 Å². The molecule has 0 radical (unpaired) electrons. The minimum atomic E-state index is -5.18. The molecule has 5 aliphatic carbocycles. The summed E-state index contributed by atoms with van der Waals surface area (Å²) in [6, 6.07) is -10.9. The molecule has 30 heteroatoms. The van der Waals surface area contributed by atoms with E-state index in [1.165, 1.54) is 83.6 Å². The van der Waals surface area contributed by atoms with Gasteiger partial charge in [0.25, 0.3) is 0 Å². The van der Waals surface area contributed by atoms with Crippen LogP contribution in [0.4, 0.5) is 22.0 Å². The molecule has 0 aromatic rings. The fraction of sp³-hybridized carbons (Fsp3) is 0.821. The molecule has 7 fully saturated rings. The monoisotopic (exact) mass is 1530 g/mol. The third-order valence-electron chi connectivity index (χ3n) is 24.3. The average Bonchev–Trinajstić information content (AvgIpc) is 0.821. The van der Waals surface area contributed by atoms with E-state index in [-0.39, 0.29) is 82.9 Å². The van der Waals surface area contributed by atoms with Crippen LogP contribution in [-0.4, -0.2) is 282 Å². The first-order valence-corrected chi connectivity index (χ1v) is 39.7. The Morgan fingerprint density at radius 2 is 1.29 bits per heavy atom. The molecule has 3 aliphatic heterocycles. The zero-order valence-corrected chi connectivity index (χ0v) is 66.3. The number of fused-ring (bicyclic) bond motifs is 3. The number of halogens is 5. The van der Waals surface area contributed by atoms with Crippen LogP contribution in [0.25, 0.3) is 0 Å². The normalized spacial score (nSPS) is 32.7. The van der Waals surface area contributed by atoms with E-state index in [9.17, 15) is 37.1 Å². The number of rotatable bonds is 14. The second-order valence-electron chi connectivity index (χ2n) is 34.2. The summed E-state index contributed by atoms with van der Waals surface area (Å²) in [7, 11) is 10.0. The molecule has 8 rings (SSSR count). The average molecular weight is 1530 g/mol. The van der Waals surface area contributed by atoms with Crippen molar-refractivity contribution in [1.82, 2.24) is 60.0 Å². The topological polar surface area (TPSA) is 279 Å². The molecule has 1 spiro atoms. The highest BCUT2D eigenvalue weighted by Gasteiger charge is 2.60. The Bertz CT molecular complexity index is 3250. The van der Waals surface area contributed by atoms with Gasteiger partial charge in [0, 0.05) is 81.5 Å². The summed E-state index contributed by atoms with van der Waals surface area (Å²) in [5, 5.41) is 8.72. The van der Waals surface area contributed by atoms with Gasteiger partial charge in [0.2, 0.25) is 70.9 Å². The van der Waals surface area contributed by atoms with Crippen molar-refractivity contribution in [3.8, 4) is 0 Å². The van der Waals surface area contributed by atoms with Crippen LogP contribution >= 0.6 is 0 Å². The largest absolute Gasteiger partial charge is 0.397 e. The molecule has 0 aromatic heterocycles. The lowest BCUT2D eigenvalue weighted by molar-refractivity contribution is -0.219. The van der Waals surface area contributed by atoms with Crippen LogP contribution in [0.3, 0.4) is 0 Å². The molecule has 108 heavy (non-hydrogen) atoms. The van der Waals surface area contributed by atoms with E-state index in [1.54, 1.807) is 13.0 Å². The van der Waals surface area contributed by atoms with E-state index < -0.39 is 217 Å². The van der Waals surface area contributed by atoms with Gasteiger partial charge in [0.1, 0.15) is 78.7 Å². The summed E-state index contributed by atoms with van der Waals surface area (Å²) in [5.74, 6) is -12.5. The van der Waals surface area contributed by atoms with E-state index in [2.05, 4.69) is 22.9 Å². The van der Waals surface area contributed by atoms with E-state index in [4.69, 9.17) is 4.74 Å². The summed E-state index contributed by atoms with van der Waals surface area (Å²) in [5.41, 5.74) is -2.28. The van der Waals surface area contributed by atoms with Crippen LogP contribution in [0.2, 0.25) is 0 Å². The molecule has 3 N–H and O–H groups in total. The molecule has 2 unspecified atom stereocenters. The van der Waals surface area contributed by atoms with Crippen molar-refractivity contribution < 1.29 is 84.2 Å². The number of carbonyl (C=O) groups excluding carboxylic acids is 12. The van der Waals surface area contributed by atoms with Crippen LogP contribution in [0.5, 0.6) is 0 Å². The molecule has 5 saturated carbocycles. The van der Waals surface area contributed by atoms with Crippen LogP contribution in [0, 0.1) is 40.9 Å². The fourth-order valence-electron chi connectivity index (χ4n) is 18.3. The smallest absolute Gasteiger partial charge is 0.377 e. The predicted octanol–water partition coefficient (Wildman–Crippen LogP) is 6.73.